The van der Waals surface area contributed by atoms with E-state index in [9.17, 15) is 23.1 Å². The zero-order valence-corrected chi connectivity index (χ0v) is 17.4. The molecule has 3 aromatic rings. The minimum Gasteiger partial charge on any atom is -0.545 e. The van der Waals surface area contributed by atoms with Crippen molar-refractivity contribution in [1.29, 1.82) is 0 Å². The summed E-state index contributed by atoms with van der Waals surface area (Å²) in [7, 11) is -3.94. The Bertz CT molecular complexity index is 1260. The highest BCUT2D eigenvalue weighted by molar-refractivity contribution is 7.92. The monoisotopic (exact) mass is 456 g/mol. The summed E-state index contributed by atoms with van der Waals surface area (Å²) in [6.45, 7) is 0. The SMILES string of the molecule is O=C(N/N=C\c1ccccc1C(=O)[O-])c1cccc(S(=O)(=O)Nc2ccc(Cl)cc2)c1. The summed E-state index contributed by atoms with van der Waals surface area (Å²) in [6.07, 6.45) is 1.16. The van der Waals surface area contributed by atoms with Crippen LogP contribution in [0.3, 0.4) is 0 Å². The first-order valence-electron chi connectivity index (χ1n) is 8.78. The van der Waals surface area contributed by atoms with Gasteiger partial charge in [-0.15, -0.1) is 0 Å². The van der Waals surface area contributed by atoms with Crippen molar-refractivity contribution >= 4 is 45.4 Å². The molecule has 0 aliphatic carbocycles. The van der Waals surface area contributed by atoms with Crippen LogP contribution in [0.15, 0.2) is 82.8 Å². The van der Waals surface area contributed by atoms with Crippen molar-refractivity contribution in [2.75, 3.05) is 4.72 Å². The molecule has 0 bridgehead atoms. The molecule has 3 aromatic carbocycles. The third kappa shape index (κ3) is 5.68. The maximum atomic E-state index is 12.6. The average Bonchev–Trinajstić information content (AvgIpc) is 2.75. The van der Waals surface area contributed by atoms with Gasteiger partial charge in [0.15, 0.2) is 0 Å². The quantitative estimate of drug-likeness (QED) is 0.416. The Hall–Kier alpha value is -3.69. The first-order chi connectivity index (χ1) is 14.8. The zero-order chi connectivity index (χ0) is 22.4. The van der Waals surface area contributed by atoms with Crippen LogP contribution in [-0.2, 0) is 10.0 Å². The molecular weight excluding hydrogens is 442 g/mol. The van der Waals surface area contributed by atoms with Crippen LogP contribution < -0.4 is 15.3 Å². The number of carboxylic acid groups (broad SMARTS) is 1. The third-order valence-electron chi connectivity index (χ3n) is 4.05. The lowest BCUT2D eigenvalue weighted by atomic mass is 10.1. The van der Waals surface area contributed by atoms with Gasteiger partial charge in [-0.05, 0) is 42.5 Å². The molecule has 0 unspecified atom stereocenters. The second kappa shape index (κ2) is 9.41. The number of amides is 1. The number of nitrogens with one attached hydrogen (secondary N) is 2. The van der Waals surface area contributed by atoms with Crippen LogP contribution in [0.2, 0.25) is 5.02 Å². The molecule has 0 saturated heterocycles. The Morgan fingerprint density at radius 1 is 0.968 bits per heavy atom. The van der Waals surface area contributed by atoms with E-state index in [0.717, 1.165) is 6.21 Å². The number of carbonyl (C=O) groups is 2. The minimum absolute atomic E-state index is 0.0457. The normalized spacial score (nSPS) is 11.3. The number of aromatic carboxylic acids is 1. The first kappa shape index (κ1) is 22.0. The van der Waals surface area contributed by atoms with Crippen LogP contribution >= 0.6 is 11.6 Å². The predicted octanol–water partition coefficient (Wildman–Crippen LogP) is 2.27. The molecule has 1 amide bonds. The molecule has 3 rings (SSSR count). The summed E-state index contributed by atoms with van der Waals surface area (Å²) in [5.41, 5.74) is 2.76. The van der Waals surface area contributed by atoms with Crippen LogP contribution in [0.4, 0.5) is 5.69 Å². The van der Waals surface area contributed by atoms with Gasteiger partial charge in [0.1, 0.15) is 0 Å². The highest BCUT2D eigenvalue weighted by Crippen LogP contribution is 2.19. The summed E-state index contributed by atoms with van der Waals surface area (Å²) in [4.78, 5) is 23.3. The summed E-state index contributed by atoms with van der Waals surface area (Å²) in [6, 6.07) is 17.5. The van der Waals surface area contributed by atoms with E-state index in [1.165, 1.54) is 54.6 Å². The van der Waals surface area contributed by atoms with Crippen molar-refractivity contribution in [2.24, 2.45) is 5.10 Å². The van der Waals surface area contributed by atoms with Crippen molar-refractivity contribution in [3.05, 3.63) is 94.5 Å². The van der Waals surface area contributed by atoms with E-state index in [-0.39, 0.29) is 21.6 Å². The van der Waals surface area contributed by atoms with Crippen LogP contribution in [0, 0.1) is 0 Å². The molecule has 31 heavy (non-hydrogen) atoms. The number of anilines is 1. The number of rotatable bonds is 7. The van der Waals surface area contributed by atoms with E-state index >= 15 is 0 Å². The van der Waals surface area contributed by atoms with Crippen molar-refractivity contribution in [3.63, 3.8) is 0 Å². The Labute approximate surface area is 183 Å². The molecule has 0 spiro atoms. The fourth-order valence-electron chi connectivity index (χ4n) is 2.56. The van der Waals surface area contributed by atoms with E-state index in [1.54, 1.807) is 18.2 Å². The average molecular weight is 457 g/mol. The number of nitrogens with zero attached hydrogens (tertiary/aromatic N) is 1. The second-order valence-electron chi connectivity index (χ2n) is 6.21. The van der Waals surface area contributed by atoms with Gasteiger partial charge < -0.3 is 9.90 Å². The Morgan fingerprint density at radius 3 is 2.39 bits per heavy atom. The van der Waals surface area contributed by atoms with Gasteiger partial charge in [0.2, 0.25) is 0 Å². The maximum absolute atomic E-state index is 12.6. The van der Waals surface area contributed by atoms with E-state index in [1.807, 2.05) is 0 Å². The van der Waals surface area contributed by atoms with Crippen molar-refractivity contribution in [2.45, 2.75) is 4.90 Å². The van der Waals surface area contributed by atoms with Crippen molar-refractivity contribution < 1.29 is 23.1 Å². The summed E-state index contributed by atoms with van der Waals surface area (Å²) in [5.74, 6) is -2.05. The molecule has 0 fully saturated rings. The van der Waals surface area contributed by atoms with E-state index in [4.69, 9.17) is 11.6 Å². The lowest BCUT2D eigenvalue weighted by Crippen LogP contribution is -2.24. The highest BCUT2D eigenvalue weighted by atomic mass is 35.5. The summed E-state index contributed by atoms with van der Waals surface area (Å²) >= 11 is 5.80. The number of benzene rings is 3. The number of carbonyl (C=O) groups excluding carboxylic acids is 2. The molecule has 0 aliphatic rings. The fraction of sp³-hybridized carbons (Fsp3) is 0. The van der Waals surface area contributed by atoms with E-state index < -0.39 is 21.9 Å². The Balaban J connectivity index is 1.74. The Kier molecular flexibility index (Phi) is 6.68. The molecule has 8 nitrogen and oxygen atoms in total. The number of hydrogen-bond donors (Lipinski definition) is 2. The molecule has 0 atom stereocenters. The van der Waals surface area contributed by atoms with Gasteiger partial charge in [0.25, 0.3) is 15.9 Å². The lowest BCUT2D eigenvalue weighted by Gasteiger charge is -2.09. The van der Waals surface area contributed by atoms with Crippen LogP contribution in [-0.4, -0.2) is 26.5 Å². The van der Waals surface area contributed by atoms with Gasteiger partial charge in [-0.25, -0.2) is 13.8 Å². The van der Waals surface area contributed by atoms with Crippen LogP contribution in [0.1, 0.15) is 26.3 Å². The fourth-order valence-corrected chi connectivity index (χ4v) is 3.79. The number of hydrogen-bond acceptors (Lipinski definition) is 6. The molecule has 158 valence electrons. The van der Waals surface area contributed by atoms with Crippen LogP contribution in [0.25, 0.3) is 0 Å². The molecule has 2 N–H and O–H groups in total. The maximum Gasteiger partial charge on any atom is 0.271 e. The molecule has 10 heteroatoms. The van der Waals surface area contributed by atoms with Crippen LogP contribution in [0.5, 0.6) is 0 Å². The Morgan fingerprint density at radius 2 is 1.68 bits per heavy atom. The molecular formula is C21H15ClN3O5S-. The smallest absolute Gasteiger partial charge is 0.271 e. The van der Waals surface area contributed by atoms with Gasteiger partial charge in [-0.1, -0.05) is 41.9 Å². The number of sulfonamides is 1. The molecule has 0 aliphatic heterocycles. The van der Waals surface area contributed by atoms with Gasteiger partial charge in [-0.2, -0.15) is 5.10 Å². The van der Waals surface area contributed by atoms with Gasteiger partial charge in [0, 0.05) is 27.4 Å². The van der Waals surface area contributed by atoms with Gasteiger partial charge in [0.05, 0.1) is 17.1 Å². The number of carboxylic acids is 1. The molecule has 0 saturated carbocycles. The zero-order valence-electron chi connectivity index (χ0n) is 15.8. The molecule has 0 radical (unpaired) electrons. The lowest BCUT2D eigenvalue weighted by molar-refractivity contribution is -0.255. The number of hydrazone groups is 1. The van der Waals surface area contributed by atoms with E-state index in [0.29, 0.717) is 10.7 Å². The predicted molar refractivity (Wildman–Crippen MR) is 115 cm³/mol. The largest absolute Gasteiger partial charge is 0.545 e. The summed E-state index contributed by atoms with van der Waals surface area (Å²) < 4.78 is 27.6. The number of halogens is 1. The third-order valence-corrected chi connectivity index (χ3v) is 5.68. The first-order valence-corrected chi connectivity index (χ1v) is 10.6. The topological polar surface area (TPSA) is 128 Å². The van der Waals surface area contributed by atoms with Gasteiger partial charge in [-0.3, -0.25) is 9.52 Å². The minimum atomic E-state index is -3.94. The van der Waals surface area contributed by atoms with Crippen molar-refractivity contribution in [1.82, 2.24) is 5.43 Å². The van der Waals surface area contributed by atoms with Gasteiger partial charge >= 0.3 is 0 Å². The van der Waals surface area contributed by atoms with E-state index in [2.05, 4.69) is 15.2 Å². The second-order valence-corrected chi connectivity index (χ2v) is 8.33. The highest BCUT2D eigenvalue weighted by Gasteiger charge is 2.16. The summed E-state index contributed by atoms with van der Waals surface area (Å²) in [5, 5.41) is 15.3. The van der Waals surface area contributed by atoms with Crippen molar-refractivity contribution in [3.8, 4) is 0 Å². The standard InChI is InChI=1S/C21H16ClN3O5S/c22-16-8-10-17(11-9-16)25-31(29,30)18-6-3-5-14(12-18)20(26)24-23-13-15-4-1-2-7-19(15)21(27)28/h1-13,25H,(H,24,26)(H,27,28)/p-1/b23-13-. The molecule has 0 heterocycles. The molecule has 0 aromatic heterocycles.